The van der Waals surface area contributed by atoms with Gasteiger partial charge in [0.2, 0.25) is 0 Å². The van der Waals surface area contributed by atoms with E-state index in [4.69, 9.17) is 0 Å². The van der Waals surface area contributed by atoms with Gasteiger partial charge in [-0.15, -0.1) is 6.58 Å². The molecule has 2 nitrogen and oxygen atoms in total. The third kappa shape index (κ3) is 3.99. The maximum atomic E-state index is 10.8. The van der Waals surface area contributed by atoms with Gasteiger partial charge in [-0.2, -0.15) is 0 Å². The van der Waals surface area contributed by atoms with Gasteiger partial charge in [-0.3, -0.25) is 0 Å². The molecule has 116 valence electrons. The Balaban J connectivity index is 2.31. The second-order valence-electron chi connectivity index (χ2n) is 5.97. The first-order valence-corrected chi connectivity index (χ1v) is 7.73. The molecule has 0 aliphatic carbocycles. The van der Waals surface area contributed by atoms with E-state index in [1.165, 1.54) is 5.56 Å². The number of hydrogen-bond donors (Lipinski definition) is 1. The zero-order valence-electron chi connectivity index (χ0n) is 13.4. The van der Waals surface area contributed by atoms with Gasteiger partial charge in [-0.1, -0.05) is 54.6 Å². The van der Waals surface area contributed by atoms with Gasteiger partial charge < -0.3 is 10.0 Å². The second kappa shape index (κ2) is 7.28. The summed E-state index contributed by atoms with van der Waals surface area (Å²) < 4.78 is 0. The molecule has 2 aromatic carbocycles. The summed E-state index contributed by atoms with van der Waals surface area (Å²) in [6.07, 6.45) is 2.34. The van der Waals surface area contributed by atoms with Crippen molar-refractivity contribution in [3.63, 3.8) is 0 Å². The smallest absolute Gasteiger partial charge is 0.0853 e. The molecule has 2 heteroatoms. The molecule has 2 aromatic rings. The molecule has 0 radical (unpaired) electrons. The minimum Gasteiger partial charge on any atom is -0.388 e. The molecule has 0 saturated carbocycles. The molecular formula is C20H25NO. The van der Waals surface area contributed by atoms with Crippen LogP contribution in [0, 0.1) is 0 Å². The number of anilines is 1. The van der Waals surface area contributed by atoms with E-state index < -0.39 is 5.60 Å². The van der Waals surface area contributed by atoms with E-state index >= 15 is 0 Å². The first-order chi connectivity index (χ1) is 10.5. The van der Waals surface area contributed by atoms with Crippen molar-refractivity contribution in [1.82, 2.24) is 0 Å². The lowest BCUT2D eigenvalue weighted by molar-refractivity contribution is 0.0380. The van der Waals surface area contributed by atoms with Crippen molar-refractivity contribution >= 4 is 5.69 Å². The number of rotatable bonds is 7. The SMILES string of the molecule is C=CC[C@](C)(O)[C@@H](C)N(Cc1ccccc1)c1ccccc1. The van der Waals surface area contributed by atoms with Crippen molar-refractivity contribution < 1.29 is 5.11 Å². The van der Waals surface area contributed by atoms with Gasteiger partial charge in [0.05, 0.1) is 11.6 Å². The van der Waals surface area contributed by atoms with E-state index in [1.54, 1.807) is 6.08 Å². The second-order valence-corrected chi connectivity index (χ2v) is 5.97. The van der Waals surface area contributed by atoms with Gasteiger partial charge in [0.25, 0.3) is 0 Å². The summed E-state index contributed by atoms with van der Waals surface area (Å²) in [4.78, 5) is 2.25. The summed E-state index contributed by atoms with van der Waals surface area (Å²) in [5.41, 5.74) is 1.52. The highest BCUT2D eigenvalue weighted by molar-refractivity contribution is 5.48. The maximum Gasteiger partial charge on any atom is 0.0853 e. The van der Waals surface area contributed by atoms with Crippen LogP contribution in [0.5, 0.6) is 0 Å². The Morgan fingerprint density at radius 2 is 1.64 bits per heavy atom. The molecule has 0 spiro atoms. The van der Waals surface area contributed by atoms with Gasteiger partial charge in [-0.05, 0) is 38.0 Å². The Morgan fingerprint density at radius 3 is 2.18 bits per heavy atom. The Bertz CT molecular complexity index is 577. The van der Waals surface area contributed by atoms with Crippen LogP contribution in [0.3, 0.4) is 0 Å². The van der Waals surface area contributed by atoms with Gasteiger partial charge in [-0.25, -0.2) is 0 Å². The highest BCUT2D eigenvalue weighted by Crippen LogP contribution is 2.27. The Hall–Kier alpha value is -2.06. The van der Waals surface area contributed by atoms with E-state index in [0.717, 1.165) is 12.2 Å². The Morgan fingerprint density at radius 1 is 1.09 bits per heavy atom. The minimum atomic E-state index is -0.827. The third-order valence-corrected chi connectivity index (χ3v) is 4.21. The van der Waals surface area contributed by atoms with Crippen LogP contribution >= 0.6 is 0 Å². The molecule has 0 unspecified atom stereocenters. The molecule has 0 heterocycles. The van der Waals surface area contributed by atoms with Gasteiger partial charge in [0.15, 0.2) is 0 Å². The summed E-state index contributed by atoms with van der Waals surface area (Å²) in [6.45, 7) is 8.47. The van der Waals surface area contributed by atoms with E-state index in [1.807, 2.05) is 43.3 Å². The molecule has 0 fully saturated rings. The normalized spacial score (nSPS) is 14.9. The van der Waals surface area contributed by atoms with Crippen LogP contribution in [0.15, 0.2) is 73.3 Å². The standard InChI is InChI=1S/C20H25NO/c1-4-15-20(3,22)17(2)21(19-13-9-6-10-14-19)16-18-11-7-5-8-12-18/h4-14,17,22H,1,15-16H2,2-3H3/t17-,20+/m1/s1. The van der Waals surface area contributed by atoms with Crippen molar-refractivity contribution in [2.75, 3.05) is 4.90 Å². The number of para-hydroxylation sites is 1. The highest BCUT2D eigenvalue weighted by atomic mass is 16.3. The maximum absolute atomic E-state index is 10.8. The molecule has 2 atom stereocenters. The fourth-order valence-electron chi connectivity index (χ4n) is 2.65. The minimum absolute atomic E-state index is 0.0342. The molecule has 0 saturated heterocycles. The number of nitrogens with zero attached hydrogens (tertiary/aromatic N) is 1. The Labute approximate surface area is 133 Å². The van der Waals surface area contributed by atoms with E-state index in [2.05, 4.69) is 42.7 Å². The lowest BCUT2D eigenvalue weighted by atomic mass is 9.92. The average molecular weight is 295 g/mol. The van der Waals surface area contributed by atoms with Crippen molar-refractivity contribution in [1.29, 1.82) is 0 Å². The third-order valence-electron chi connectivity index (χ3n) is 4.21. The molecule has 0 aliphatic heterocycles. The molecule has 22 heavy (non-hydrogen) atoms. The highest BCUT2D eigenvalue weighted by Gasteiger charge is 2.32. The van der Waals surface area contributed by atoms with E-state index in [0.29, 0.717) is 6.42 Å². The predicted octanol–water partition coefficient (Wildman–Crippen LogP) is 4.41. The molecule has 1 N–H and O–H groups in total. The molecule has 0 amide bonds. The summed E-state index contributed by atoms with van der Waals surface area (Å²) in [6, 6.07) is 20.6. The van der Waals surface area contributed by atoms with Crippen molar-refractivity contribution in [2.24, 2.45) is 0 Å². The fourth-order valence-corrected chi connectivity index (χ4v) is 2.65. The average Bonchev–Trinajstić information content (AvgIpc) is 2.54. The van der Waals surface area contributed by atoms with Crippen LogP contribution in [0.1, 0.15) is 25.8 Å². The number of hydrogen-bond acceptors (Lipinski definition) is 2. The summed E-state index contributed by atoms with van der Waals surface area (Å²) >= 11 is 0. The van der Waals surface area contributed by atoms with Crippen molar-refractivity contribution in [3.05, 3.63) is 78.9 Å². The first-order valence-electron chi connectivity index (χ1n) is 7.73. The summed E-state index contributed by atoms with van der Waals surface area (Å²) in [5.74, 6) is 0. The lowest BCUT2D eigenvalue weighted by Crippen LogP contribution is -2.49. The van der Waals surface area contributed by atoms with Crippen LogP contribution in [-0.4, -0.2) is 16.7 Å². The zero-order valence-corrected chi connectivity index (χ0v) is 13.4. The largest absolute Gasteiger partial charge is 0.388 e. The zero-order chi connectivity index (χ0) is 16.0. The van der Waals surface area contributed by atoms with E-state index in [-0.39, 0.29) is 6.04 Å². The Kier molecular flexibility index (Phi) is 5.40. The van der Waals surface area contributed by atoms with Crippen LogP contribution < -0.4 is 4.90 Å². The topological polar surface area (TPSA) is 23.5 Å². The predicted molar refractivity (Wildman–Crippen MR) is 94.0 cm³/mol. The quantitative estimate of drug-likeness (QED) is 0.765. The van der Waals surface area contributed by atoms with Crippen LogP contribution in [0.4, 0.5) is 5.69 Å². The van der Waals surface area contributed by atoms with Crippen molar-refractivity contribution in [3.8, 4) is 0 Å². The van der Waals surface area contributed by atoms with Gasteiger partial charge in [0.1, 0.15) is 0 Å². The molecule has 0 aromatic heterocycles. The van der Waals surface area contributed by atoms with E-state index in [9.17, 15) is 5.11 Å². The van der Waals surface area contributed by atoms with Gasteiger partial charge >= 0.3 is 0 Å². The monoisotopic (exact) mass is 295 g/mol. The van der Waals surface area contributed by atoms with Crippen LogP contribution in [0.25, 0.3) is 0 Å². The summed E-state index contributed by atoms with van der Waals surface area (Å²) in [7, 11) is 0. The number of aliphatic hydroxyl groups is 1. The van der Waals surface area contributed by atoms with Crippen LogP contribution in [0.2, 0.25) is 0 Å². The van der Waals surface area contributed by atoms with Crippen molar-refractivity contribution in [2.45, 2.75) is 38.5 Å². The van der Waals surface area contributed by atoms with Crippen LogP contribution in [-0.2, 0) is 6.54 Å². The van der Waals surface area contributed by atoms with Gasteiger partial charge in [0, 0.05) is 12.2 Å². The molecule has 0 bridgehead atoms. The molecule has 2 rings (SSSR count). The fraction of sp³-hybridized carbons (Fsp3) is 0.300. The first kappa shape index (κ1) is 16.3. The molecular weight excluding hydrogens is 270 g/mol. The molecule has 0 aliphatic rings. The lowest BCUT2D eigenvalue weighted by Gasteiger charge is -2.40. The number of benzene rings is 2. The summed E-state index contributed by atoms with van der Waals surface area (Å²) in [5, 5.41) is 10.8.